The number of carbonyl (C=O) groups excluding carboxylic acids is 2. The number of ether oxygens (including phenoxy) is 4. The number of fused-ring (bicyclic) bond motifs is 1. The van der Waals surface area contributed by atoms with Gasteiger partial charge in [-0.05, 0) is 54.8 Å². The molecule has 4 aromatic rings. The number of pyridine rings is 1. The molecule has 0 unspecified atom stereocenters. The summed E-state index contributed by atoms with van der Waals surface area (Å²) in [6, 6.07) is 14.8. The Morgan fingerprint density at radius 3 is 2.49 bits per heavy atom. The van der Waals surface area contributed by atoms with Gasteiger partial charge in [-0.2, -0.15) is 0 Å². The normalized spacial score (nSPS) is 13.3. The highest BCUT2D eigenvalue weighted by atomic mass is 19.1. The van der Waals surface area contributed by atoms with Crippen LogP contribution in [-0.2, 0) is 20.7 Å². The first kappa shape index (κ1) is 31.6. The number of methoxy groups -OCH3 is 1. The molecular formula is C33H34F2N4O6. The molecule has 0 spiro atoms. The van der Waals surface area contributed by atoms with E-state index >= 15 is 4.39 Å². The number of carbonyl (C=O) groups is 2. The van der Waals surface area contributed by atoms with E-state index in [9.17, 15) is 14.0 Å². The molecule has 10 nitrogen and oxygen atoms in total. The minimum absolute atomic E-state index is 0.0789. The zero-order valence-corrected chi connectivity index (χ0v) is 24.8. The van der Waals surface area contributed by atoms with Crippen molar-refractivity contribution >= 4 is 28.4 Å². The predicted molar refractivity (Wildman–Crippen MR) is 164 cm³/mol. The summed E-state index contributed by atoms with van der Waals surface area (Å²) in [6.07, 6.45) is 2.81. The van der Waals surface area contributed by atoms with Crippen molar-refractivity contribution in [1.82, 2.24) is 15.2 Å². The second-order valence-corrected chi connectivity index (χ2v) is 10.3. The quantitative estimate of drug-likeness (QED) is 0.173. The molecule has 2 amide bonds. The Kier molecular flexibility index (Phi) is 10.7. The molecule has 1 aliphatic rings. The van der Waals surface area contributed by atoms with E-state index < -0.39 is 17.6 Å². The van der Waals surface area contributed by atoms with Gasteiger partial charge in [-0.3, -0.25) is 19.5 Å². The van der Waals surface area contributed by atoms with Crippen LogP contribution in [0.2, 0.25) is 0 Å². The fourth-order valence-electron chi connectivity index (χ4n) is 4.80. The average Bonchev–Trinajstić information content (AvgIpc) is 3.05. The molecular weight excluding hydrogens is 586 g/mol. The molecule has 1 aliphatic heterocycles. The second kappa shape index (κ2) is 15.3. The fraction of sp³-hybridized carbons (Fsp3) is 0.303. The first-order valence-electron chi connectivity index (χ1n) is 14.6. The SMILES string of the molecule is COc1cc2c(Oc3ccc(NC(=O)C(=O)NCCc4ccc(F)cc4)cc3F)ccnc2cc1OCCCN1CCOCC1. The van der Waals surface area contributed by atoms with E-state index in [0.717, 1.165) is 50.9 Å². The average molecular weight is 621 g/mol. The summed E-state index contributed by atoms with van der Waals surface area (Å²) in [4.78, 5) is 31.3. The number of morpholine rings is 1. The van der Waals surface area contributed by atoms with Crippen LogP contribution in [-0.4, -0.2) is 74.8 Å². The van der Waals surface area contributed by atoms with Crippen molar-refractivity contribution in [3.8, 4) is 23.0 Å². The number of aromatic nitrogens is 1. The van der Waals surface area contributed by atoms with Crippen molar-refractivity contribution in [1.29, 1.82) is 0 Å². The third-order valence-electron chi connectivity index (χ3n) is 7.20. The summed E-state index contributed by atoms with van der Waals surface area (Å²) in [6.45, 7) is 4.93. The van der Waals surface area contributed by atoms with Gasteiger partial charge in [0.05, 0.1) is 32.4 Å². The predicted octanol–water partition coefficient (Wildman–Crippen LogP) is 4.71. The largest absolute Gasteiger partial charge is 0.493 e. The molecule has 12 heteroatoms. The lowest BCUT2D eigenvalue weighted by Crippen LogP contribution is -2.37. The van der Waals surface area contributed by atoms with Gasteiger partial charge in [0.1, 0.15) is 11.6 Å². The van der Waals surface area contributed by atoms with Crippen LogP contribution in [0.3, 0.4) is 0 Å². The molecule has 3 aromatic carbocycles. The van der Waals surface area contributed by atoms with Crippen LogP contribution >= 0.6 is 0 Å². The number of rotatable bonds is 12. The minimum atomic E-state index is -0.950. The van der Waals surface area contributed by atoms with E-state index in [1.165, 1.54) is 31.4 Å². The number of halogens is 2. The maximum atomic E-state index is 15.0. The second-order valence-electron chi connectivity index (χ2n) is 10.3. The molecule has 0 atom stereocenters. The van der Waals surface area contributed by atoms with Gasteiger partial charge in [-0.15, -0.1) is 0 Å². The third kappa shape index (κ3) is 8.64. The van der Waals surface area contributed by atoms with Gasteiger partial charge >= 0.3 is 11.8 Å². The number of anilines is 1. The lowest BCUT2D eigenvalue weighted by molar-refractivity contribution is -0.136. The molecule has 5 rings (SSSR count). The number of hydrogen-bond donors (Lipinski definition) is 2. The molecule has 1 fully saturated rings. The Hall–Kier alpha value is -4.81. The van der Waals surface area contributed by atoms with Crippen molar-refractivity contribution in [2.45, 2.75) is 12.8 Å². The van der Waals surface area contributed by atoms with E-state index in [-0.39, 0.29) is 23.8 Å². The lowest BCUT2D eigenvalue weighted by Gasteiger charge is -2.26. The van der Waals surface area contributed by atoms with Crippen LogP contribution in [0.25, 0.3) is 10.9 Å². The van der Waals surface area contributed by atoms with Crippen molar-refractivity contribution in [2.75, 3.05) is 58.4 Å². The van der Waals surface area contributed by atoms with Crippen molar-refractivity contribution < 1.29 is 37.3 Å². The Morgan fingerprint density at radius 2 is 1.73 bits per heavy atom. The summed E-state index contributed by atoms with van der Waals surface area (Å²) in [5.41, 5.74) is 1.46. The molecule has 236 valence electrons. The smallest absolute Gasteiger partial charge is 0.313 e. The van der Waals surface area contributed by atoms with Gasteiger partial charge in [0.15, 0.2) is 23.1 Å². The third-order valence-corrected chi connectivity index (χ3v) is 7.20. The summed E-state index contributed by atoms with van der Waals surface area (Å²) in [7, 11) is 1.54. The van der Waals surface area contributed by atoms with E-state index in [2.05, 4.69) is 20.5 Å². The highest BCUT2D eigenvalue weighted by Gasteiger charge is 2.17. The van der Waals surface area contributed by atoms with Crippen LogP contribution in [0.1, 0.15) is 12.0 Å². The molecule has 0 saturated carbocycles. The van der Waals surface area contributed by atoms with Crippen LogP contribution in [0, 0.1) is 11.6 Å². The molecule has 2 heterocycles. The fourth-order valence-corrected chi connectivity index (χ4v) is 4.80. The molecule has 1 aromatic heterocycles. The topological polar surface area (TPSA) is 111 Å². The molecule has 1 saturated heterocycles. The Balaban J connectivity index is 1.18. The number of nitrogens with one attached hydrogen (secondary N) is 2. The van der Waals surface area contributed by atoms with Crippen LogP contribution in [0.5, 0.6) is 23.0 Å². The Labute approximate surface area is 259 Å². The number of nitrogens with zero attached hydrogens (tertiary/aromatic N) is 2. The summed E-state index contributed by atoms with van der Waals surface area (Å²) < 4.78 is 50.9. The van der Waals surface area contributed by atoms with Gasteiger partial charge in [0, 0.05) is 55.6 Å². The van der Waals surface area contributed by atoms with Gasteiger partial charge in [0.2, 0.25) is 0 Å². The summed E-state index contributed by atoms with van der Waals surface area (Å²) in [5.74, 6) is -1.65. The van der Waals surface area contributed by atoms with E-state index in [4.69, 9.17) is 18.9 Å². The number of hydrogen-bond acceptors (Lipinski definition) is 8. The maximum Gasteiger partial charge on any atom is 0.313 e. The highest BCUT2D eigenvalue weighted by Crippen LogP contribution is 2.38. The Morgan fingerprint density at radius 1 is 0.933 bits per heavy atom. The van der Waals surface area contributed by atoms with Crippen LogP contribution < -0.4 is 24.8 Å². The lowest BCUT2D eigenvalue weighted by atomic mass is 10.1. The molecule has 0 bridgehead atoms. The van der Waals surface area contributed by atoms with Gasteiger partial charge in [-0.1, -0.05) is 12.1 Å². The zero-order chi connectivity index (χ0) is 31.6. The molecule has 0 aliphatic carbocycles. The molecule has 45 heavy (non-hydrogen) atoms. The Bertz CT molecular complexity index is 1630. The highest BCUT2D eigenvalue weighted by molar-refractivity contribution is 6.39. The zero-order valence-electron chi connectivity index (χ0n) is 24.8. The van der Waals surface area contributed by atoms with Crippen molar-refractivity contribution in [3.63, 3.8) is 0 Å². The molecule has 0 radical (unpaired) electrons. The van der Waals surface area contributed by atoms with Crippen LogP contribution in [0.15, 0.2) is 66.9 Å². The van der Waals surface area contributed by atoms with Gasteiger partial charge in [0.25, 0.3) is 0 Å². The maximum absolute atomic E-state index is 15.0. The van der Waals surface area contributed by atoms with Gasteiger partial charge in [-0.25, -0.2) is 8.78 Å². The number of amides is 2. The van der Waals surface area contributed by atoms with Crippen molar-refractivity contribution in [3.05, 3.63) is 84.1 Å². The van der Waals surface area contributed by atoms with Crippen LogP contribution in [0.4, 0.5) is 14.5 Å². The van der Waals surface area contributed by atoms with Crippen molar-refractivity contribution in [2.24, 2.45) is 0 Å². The molecule has 2 N–H and O–H groups in total. The van der Waals surface area contributed by atoms with E-state index in [0.29, 0.717) is 41.2 Å². The number of benzene rings is 3. The van der Waals surface area contributed by atoms with E-state index in [1.54, 1.807) is 36.5 Å². The standard InChI is InChI=1S/C33H34F2N4O6/c1-42-30-20-25-27(21-31(30)44-16-2-13-39-14-17-43-18-15-39)36-12-10-28(25)45-29-8-7-24(19-26(29)35)38-33(41)32(40)37-11-9-22-3-5-23(34)6-4-22/h3-8,10,12,19-21H,2,9,11,13-18H2,1H3,(H,37,40)(H,38,41). The summed E-state index contributed by atoms with van der Waals surface area (Å²) >= 11 is 0. The van der Waals surface area contributed by atoms with Gasteiger partial charge < -0.3 is 29.6 Å². The first-order chi connectivity index (χ1) is 21.9. The first-order valence-corrected chi connectivity index (χ1v) is 14.6. The monoisotopic (exact) mass is 620 g/mol. The summed E-state index contributed by atoms with van der Waals surface area (Å²) in [5, 5.41) is 5.45. The van der Waals surface area contributed by atoms with E-state index in [1.807, 2.05) is 0 Å². The minimum Gasteiger partial charge on any atom is -0.493 e.